The molecule has 1 atom stereocenters. The van der Waals surface area contributed by atoms with Crippen LogP contribution in [0.1, 0.15) is 5.56 Å². The number of halogens is 2. The molecule has 114 valence electrons. The molecule has 1 aliphatic rings. The molecule has 3 nitrogen and oxygen atoms in total. The summed E-state index contributed by atoms with van der Waals surface area (Å²) in [6, 6.07) is 12.9. The normalized spacial score (nSPS) is 20.4. The first-order valence-corrected chi connectivity index (χ1v) is 10.1. The van der Waals surface area contributed by atoms with Gasteiger partial charge in [-0.3, -0.25) is 0 Å². The number of ether oxygens (including phenoxy) is 1. The van der Waals surface area contributed by atoms with Crippen molar-refractivity contribution < 1.29 is 9.36 Å². The highest BCUT2D eigenvalue weighted by Crippen LogP contribution is 2.51. The zero-order chi connectivity index (χ0) is 15.7. The Morgan fingerprint density at radius 2 is 1.91 bits per heavy atom. The minimum Gasteiger partial charge on any atom is -0.497 e. The van der Waals surface area contributed by atoms with Crippen LogP contribution in [0.2, 0.25) is 10.0 Å². The molecule has 0 spiro atoms. The van der Waals surface area contributed by atoms with Gasteiger partial charge in [0.05, 0.1) is 24.0 Å². The van der Waals surface area contributed by atoms with Crippen LogP contribution in [0.5, 0.6) is 5.75 Å². The van der Waals surface area contributed by atoms with Gasteiger partial charge in [-0.2, -0.15) is 0 Å². The number of hydrogen-bond donors (Lipinski definition) is 0. The maximum absolute atomic E-state index is 6.23. The molecule has 0 aliphatic carbocycles. The molecule has 0 saturated carbocycles. The lowest BCUT2D eigenvalue weighted by Crippen LogP contribution is -2.10. The lowest BCUT2D eigenvalue weighted by molar-refractivity contribution is 0.397. The van der Waals surface area contributed by atoms with Gasteiger partial charge in [-0.25, -0.2) is 0 Å². The summed E-state index contributed by atoms with van der Waals surface area (Å²) in [5.74, 6) is 0.784. The van der Waals surface area contributed by atoms with E-state index in [1.54, 1.807) is 19.2 Å². The molecule has 0 aromatic heterocycles. The summed E-state index contributed by atoms with van der Waals surface area (Å²) in [6.45, 7) is 0. The molecule has 2 aromatic rings. The third-order valence-corrected chi connectivity index (χ3v) is 7.26. The van der Waals surface area contributed by atoms with Crippen LogP contribution in [-0.4, -0.2) is 19.0 Å². The summed E-state index contributed by atoms with van der Waals surface area (Å²) in [6.07, 6.45) is -1.66. The maximum Gasteiger partial charge on any atom is 0.179 e. The molecule has 0 bridgehead atoms. The lowest BCUT2D eigenvalue weighted by atomic mass is 10.1. The van der Waals surface area contributed by atoms with E-state index in [-0.39, 0.29) is 0 Å². The van der Waals surface area contributed by atoms with Gasteiger partial charge >= 0.3 is 0 Å². The van der Waals surface area contributed by atoms with Gasteiger partial charge < -0.3 is 9.36 Å². The fourth-order valence-corrected chi connectivity index (χ4v) is 5.32. The average molecular weight is 372 g/mol. The van der Waals surface area contributed by atoms with E-state index in [4.69, 9.17) is 44.4 Å². The van der Waals surface area contributed by atoms with Gasteiger partial charge in [-0.05, 0) is 48.2 Å². The number of hydrogen-bond acceptors (Lipinski definition) is 4. The first-order chi connectivity index (χ1) is 10.5. The fourth-order valence-electron chi connectivity index (χ4n) is 2.18. The molecule has 7 heteroatoms. The van der Waals surface area contributed by atoms with Crippen molar-refractivity contribution in [3.8, 4) is 5.75 Å². The number of rotatable bonds is 3. The Kier molecular flexibility index (Phi) is 4.47. The van der Waals surface area contributed by atoms with E-state index in [0.717, 1.165) is 22.3 Å². The predicted octanol–water partition coefficient (Wildman–Crippen LogP) is 4.46. The Labute approximate surface area is 143 Å². The lowest BCUT2D eigenvalue weighted by Gasteiger charge is -2.13. The van der Waals surface area contributed by atoms with E-state index in [2.05, 4.69) is 5.16 Å². The Hall–Kier alpha value is -1.06. The fraction of sp³-hybridized carbons (Fsp3) is 0.133. The second-order valence-corrected chi connectivity index (χ2v) is 9.73. The van der Waals surface area contributed by atoms with Crippen LogP contribution in [0.15, 0.2) is 47.6 Å². The molecule has 0 amide bonds. The van der Waals surface area contributed by atoms with Crippen molar-refractivity contribution in [2.75, 3.05) is 13.3 Å². The van der Waals surface area contributed by atoms with Crippen molar-refractivity contribution in [2.45, 2.75) is 0 Å². The van der Waals surface area contributed by atoms with Crippen molar-refractivity contribution in [1.29, 1.82) is 0 Å². The summed E-state index contributed by atoms with van der Waals surface area (Å²) in [5.41, 5.74) is 1.58. The van der Waals surface area contributed by atoms with Crippen LogP contribution in [0.25, 0.3) is 0 Å². The third kappa shape index (κ3) is 3.02. The summed E-state index contributed by atoms with van der Waals surface area (Å²) in [5, 5.41) is 6.27. The second-order valence-electron chi connectivity index (χ2n) is 4.77. The van der Waals surface area contributed by atoms with Crippen molar-refractivity contribution in [3.63, 3.8) is 0 Å². The van der Waals surface area contributed by atoms with Crippen LogP contribution >= 0.6 is 29.5 Å². The molecule has 3 rings (SSSR count). The van der Waals surface area contributed by atoms with Gasteiger partial charge in [0.2, 0.25) is 0 Å². The van der Waals surface area contributed by atoms with Gasteiger partial charge in [-0.15, -0.1) is 0 Å². The minimum absolute atomic E-state index is 0.549. The Balaban J connectivity index is 1.87. The van der Waals surface area contributed by atoms with Gasteiger partial charge in [0.1, 0.15) is 5.75 Å². The number of oxime groups is 1. The Morgan fingerprint density at radius 3 is 2.55 bits per heavy atom. The largest absolute Gasteiger partial charge is 0.497 e. The zero-order valence-electron chi connectivity index (χ0n) is 11.6. The van der Waals surface area contributed by atoms with E-state index < -0.39 is 6.26 Å². The van der Waals surface area contributed by atoms with Crippen LogP contribution in [0.4, 0.5) is 0 Å². The molecular formula is C15H12Cl2NO2PS. The highest BCUT2D eigenvalue weighted by Gasteiger charge is 2.32. The SMILES string of the molecule is COc1ccc(P2(=S)CC(c3ccc(Cl)cc3Cl)=NO2)cc1. The molecule has 1 heterocycles. The Bertz CT molecular complexity index is 793. The minimum atomic E-state index is -2.22. The molecule has 2 aromatic carbocycles. The smallest absolute Gasteiger partial charge is 0.179 e. The van der Waals surface area contributed by atoms with E-state index >= 15 is 0 Å². The van der Waals surface area contributed by atoms with E-state index in [0.29, 0.717) is 16.2 Å². The number of nitrogens with zero attached hydrogens (tertiary/aromatic N) is 1. The number of benzene rings is 2. The topological polar surface area (TPSA) is 30.8 Å². The Morgan fingerprint density at radius 1 is 1.18 bits per heavy atom. The predicted molar refractivity (Wildman–Crippen MR) is 95.9 cm³/mol. The van der Waals surface area contributed by atoms with E-state index in [1.807, 2.05) is 30.3 Å². The molecule has 0 saturated heterocycles. The molecular weight excluding hydrogens is 360 g/mol. The van der Waals surface area contributed by atoms with Crippen molar-refractivity contribution in [2.24, 2.45) is 5.16 Å². The second kappa shape index (κ2) is 6.21. The van der Waals surface area contributed by atoms with Crippen molar-refractivity contribution >= 4 is 52.3 Å². The number of methoxy groups -OCH3 is 1. The quantitative estimate of drug-likeness (QED) is 0.746. The summed E-state index contributed by atoms with van der Waals surface area (Å²) in [4.78, 5) is 0. The molecule has 0 radical (unpaired) electrons. The van der Waals surface area contributed by atoms with Gasteiger partial charge in [-0.1, -0.05) is 34.4 Å². The van der Waals surface area contributed by atoms with Gasteiger partial charge in [0.15, 0.2) is 6.26 Å². The summed E-state index contributed by atoms with van der Waals surface area (Å²) in [7, 11) is 1.63. The highest BCUT2D eigenvalue weighted by molar-refractivity contribution is 8.16. The van der Waals surface area contributed by atoms with E-state index in [9.17, 15) is 0 Å². The van der Waals surface area contributed by atoms with Crippen molar-refractivity contribution in [3.05, 3.63) is 58.1 Å². The van der Waals surface area contributed by atoms with E-state index in [1.165, 1.54) is 0 Å². The third-order valence-electron chi connectivity index (χ3n) is 3.35. The van der Waals surface area contributed by atoms with Crippen LogP contribution in [0.3, 0.4) is 0 Å². The maximum atomic E-state index is 6.23. The monoisotopic (exact) mass is 371 g/mol. The molecule has 0 N–H and O–H groups in total. The van der Waals surface area contributed by atoms with Crippen molar-refractivity contribution in [1.82, 2.24) is 0 Å². The van der Waals surface area contributed by atoms with Crippen LogP contribution in [-0.2, 0) is 16.4 Å². The standard InChI is InChI=1S/C15H12Cl2NO2PS/c1-19-11-3-5-12(6-4-11)21(22)9-15(18-20-21)13-7-2-10(16)8-14(13)17/h2-8H,9H2,1H3. The average Bonchev–Trinajstić information content (AvgIpc) is 2.91. The van der Waals surface area contributed by atoms with Gasteiger partial charge in [0.25, 0.3) is 0 Å². The molecule has 0 fully saturated rings. The zero-order valence-corrected chi connectivity index (χ0v) is 14.8. The molecule has 1 aliphatic heterocycles. The highest BCUT2D eigenvalue weighted by atomic mass is 35.5. The first kappa shape index (κ1) is 15.8. The first-order valence-electron chi connectivity index (χ1n) is 6.46. The molecule has 22 heavy (non-hydrogen) atoms. The van der Waals surface area contributed by atoms with Crippen LogP contribution in [0, 0.1) is 0 Å². The van der Waals surface area contributed by atoms with Crippen LogP contribution < -0.4 is 10.0 Å². The molecule has 1 unspecified atom stereocenters. The van der Waals surface area contributed by atoms with Gasteiger partial charge in [0, 0.05) is 15.9 Å². The summed E-state index contributed by atoms with van der Waals surface area (Å²) >= 11 is 17.9. The summed E-state index contributed by atoms with van der Waals surface area (Å²) < 4.78 is 10.8.